The molecule has 0 aliphatic carbocycles. The van der Waals surface area contributed by atoms with Crippen molar-refractivity contribution in [3.05, 3.63) is 0 Å². The predicted octanol–water partition coefficient (Wildman–Crippen LogP) is 0.573. The number of methoxy groups -OCH3 is 4. The monoisotopic (exact) mass is 206 g/mol. The summed E-state index contributed by atoms with van der Waals surface area (Å²) in [5, 5.41) is 0. The van der Waals surface area contributed by atoms with Crippen molar-refractivity contribution in [2.24, 2.45) is 0 Å². The van der Waals surface area contributed by atoms with Gasteiger partial charge in [0.05, 0.1) is 6.42 Å². The summed E-state index contributed by atoms with van der Waals surface area (Å²) in [4.78, 5) is 11.6. The lowest BCUT2D eigenvalue weighted by molar-refractivity contribution is -0.206. The average molecular weight is 206 g/mol. The highest BCUT2D eigenvalue weighted by Gasteiger charge is 2.34. The zero-order valence-electron chi connectivity index (χ0n) is 9.33. The summed E-state index contributed by atoms with van der Waals surface area (Å²) >= 11 is 0. The Morgan fingerprint density at radius 2 is 1.57 bits per heavy atom. The van der Waals surface area contributed by atoms with Crippen LogP contribution >= 0.6 is 0 Å². The van der Waals surface area contributed by atoms with Crippen LogP contribution in [0.5, 0.6) is 0 Å². The molecule has 0 saturated heterocycles. The van der Waals surface area contributed by atoms with Gasteiger partial charge in [0.1, 0.15) is 0 Å². The Bertz CT molecular complexity index is 172. The lowest BCUT2D eigenvalue weighted by Gasteiger charge is -2.26. The van der Waals surface area contributed by atoms with Gasteiger partial charge in [-0.1, -0.05) is 0 Å². The third kappa shape index (κ3) is 3.34. The fraction of sp³-hybridized carbons (Fsp3) is 0.889. The molecule has 0 rings (SSSR count). The van der Waals surface area contributed by atoms with Crippen LogP contribution < -0.4 is 0 Å². The van der Waals surface area contributed by atoms with Crippen molar-refractivity contribution in [2.45, 2.75) is 25.4 Å². The summed E-state index contributed by atoms with van der Waals surface area (Å²) in [5.41, 5.74) is 0. The predicted molar refractivity (Wildman–Crippen MR) is 49.9 cm³/mol. The van der Waals surface area contributed by atoms with Gasteiger partial charge in [-0.25, -0.2) is 0 Å². The maximum Gasteiger partial charge on any atom is 0.225 e. The van der Waals surface area contributed by atoms with Gasteiger partial charge in [0, 0.05) is 28.4 Å². The van der Waals surface area contributed by atoms with Crippen molar-refractivity contribution in [3.63, 3.8) is 0 Å². The number of carbonyl (C=O) groups excluding carboxylic acids is 1. The Labute approximate surface area is 84.3 Å². The van der Waals surface area contributed by atoms with Crippen LogP contribution in [0.15, 0.2) is 0 Å². The molecule has 0 radical (unpaired) electrons. The molecule has 14 heavy (non-hydrogen) atoms. The van der Waals surface area contributed by atoms with E-state index in [2.05, 4.69) is 0 Å². The van der Waals surface area contributed by atoms with Crippen LogP contribution in [-0.4, -0.2) is 46.3 Å². The first-order valence-corrected chi connectivity index (χ1v) is 4.23. The third-order valence-electron chi connectivity index (χ3n) is 2.16. The third-order valence-corrected chi connectivity index (χ3v) is 2.16. The van der Waals surface area contributed by atoms with Crippen LogP contribution in [-0.2, 0) is 23.7 Å². The van der Waals surface area contributed by atoms with E-state index in [4.69, 9.17) is 18.9 Å². The van der Waals surface area contributed by atoms with Gasteiger partial charge >= 0.3 is 0 Å². The molecule has 0 atom stereocenters. The molecule has 0 aliphatic rings. The Balaban J connectivity index is 4.30. The van der Waals surface area contributed by atoms with Crippen LogP contribution in [0.25, 0.3) is 0 Å². The molecule has 0 N–H and O–H groups in total. The first-order valence-electron chi connectivity index (χ1n) is 4.23. The van der Waals surface area contributed by atoms with Gasteiger partial charge in [0.15, 0.2) is 12.1 Å². The Kier molecular flexibility index (Phi) is 5.87. The summed E-state index contributed by atoms with van der Waals surface area (Å²) in [7, 11) is 5.77. The topological polar surface area (TPSA) is 54.0 Å². The van der Waals surface area contributed by atoms with Crippen molar-refractivity contribution in [1.82, 2.24) is 0 Å². The van der Waals surface area contributed by atoms with Crippen LogP contribution in [0.2, 0.25) is 0 Å². The first kappa shape index (κ1) is 13.5. The minimum absolute atomic E-state index is 0.0885. The van der Waals surface area contributed by atoms with E-state index in [0.717, 1.165) is 0 Å². The van der Waals surface area contributed by atoms with Crippen molar-refractivity contribution < 1.29 is 23.7 Å². The van der Waals surface area contributed by atoms with E-state index in [9.17, 15) is 4.79 Å². The highest BCUT2D eigenvalue weighted by Crippen LogP contribution is 2.15. The Morgan fingerprint density at radius 1 is 1.14 bits per heavy atom. The van der Waals surface area contributed by atoms with Gasteiger partial charge < -0.3 is 18.9 Å². The highest BCUT2D eigenvalue weighted by molar-refractivity contribution is 5.85. The number of Topliss-reactive ketones (excluding diaryl/α,β-unsaturated/α-hetero) is 1. The largest absolute Gasteiger partial charge is 0.355 e. The van der Waals surface area contributed by atoms with Crippen LogP contribution in [0.1, 0.15) is 13.3 Å². The SMILES string of the molecule is COC(CC(=O)C(C)(OC)OC)OC. The number of ketones is 1. The molecule has 0 heterocycles. The molecular formula is C9H18O5. The van der Waals surface area contributed by atoms with E-state index in [1.54, 1.807) is 6.92 Å². The lowest BCUT2D eigenvalue weighted by Crippen LogP contribution is -2.41. The van der Waals surface area contributed by atoms with Gasteiger partial charge in [-0.2, -0.15) is 0 Å². The van der Waals surface area contributed by atoms with Crippen LogP contribution in [0.4, 0.5) is 0 Å². The summed E-state index contributed by atoms with van der Waals surface area (Å²) in [6.45, 7) is 1.55. The van der Waals surface area contributed by atoms with E-state index in [-0.39, 0.29) is 12.2 Å². The highest BCUT2D eigenvalue weighted by atomic mass is 16.7. The maximum absolute atomic E-state index is 11.6. The van der Waals surface area contributed by atoms with Crippen molar-refractivity contribution in [1.29, 1.82) is 0 Å². The maximum atomic E-state index is 11.6. The molecular weight excluding hydrogens is 188 g/mol. The Morgan fingerprint density at radius 3 is 1.86 bits per heavy atom. The van der Waals surface area contributed by atoms with Gasteiger partial charge in [-0.3, -0.25) is 4.79 Å². The quantitative estimate of drug-likeness (QED) is 0.570. The van der Waals surface area contributed by atoms with Gasteiger partial charge in [0.2, 0.25) is 5.79 Å². The molecule has 5 heteroatoms. The first-order chi connectivity index (χ1) is 6.53. The van der Waals surface area contributed by atoms with E-state index < -0.39 is 12.1 Å². The fourth-order valence-corrected chi connectivity index (χ4v) is 0.911. The van der Waals surface area contributed by atoms with Crippen LogP contribution in [0, 0.1) is 0 Å². The molecule has 0 aromatic rings. The zero-order chi connectivity index (χ0) is 11.2. The lowest BCUT2D eigenvalue weighted by atomic mass is 10.1. The smallest absolute Gasteiger partial charge is 0.225 e. The summed E-state index contributed by atoms with van der Waals surface area (Å²) in [5.74, 6) is -1.45. The fourth-order valence-electron chi connectivity index (χ4n) is 0.911. The molecule has 0 amide bonds. The zero-order valence-corrected chi connectivity index (χ0v) is 9.33. The molecule has 0 unspecified atom stereocenters. The molecule has 0 saturated carbocycles. The molecule has 0 aromatic heterocycles. The van der Waals surface area contributed by atoms with E-state index in [0.29, 0.717) is 0 Å². The second-order valence-electron chi connectivity index (χ2n) is 2.88. The molecule has 84 valence electrons. The molecule has 5 nitrogen and oxygen atoms in total. The van der Waals surface area contributed by atoms with Crippen molar-refractivity contribution >= 4 is 5.78 Å². The van der Waals surface area contributed by atoms with Gasteiger partial charge in [-0.15, -0.1) is 0 Å². The van der Waals surface area contributed by atoms with E-state index in [1.165, 1.54) is 28.4 Å². The van der Waals surface area contributed by atoms with Crippen molar-refractivity contribution in [3.8, 4) is 0 Å². The molecule has 0 aromatic carbocycles. The molecule has 0 aliphatic heterocycles. The van der Waals surface area contributed by atoms with E-state index >= 15 is 0 Å². The van der Waals surface area contributed by atoms with Crippen molar-refractivity contribution in [2.75, 3.05) is 28.4 Å². The average Bonchev–Trinajstić information content (AvgIpc) is 2.24. The number of carbonyl (C=O) groups is 1. The summed E-state index contributed by atoms with van der Waals surface area (Å²) in [6.07, 6.45) is -0.474. The minimum Gasteiger partial charge on any atom is -0.355 e. The van der Waals surface area contributed by atoms with Gasteiger partial charge in [-0.05, 0) is 6.92 Å². The molecule has 0 bridgehead atoms. The molecule has 0 spiro atoms. The van der Waals surface area contributed by atoms with Crippen LogP contribution in [0.3, 0.4) is 0 Å². The standard InChI is InChI=1S/C9H18O5/c1-9(13-4,14-5)7(10)6-8(11-2)12-3/h8H,6H2,1-5H3. The number of hydrogen-bond acceptors (Lipinski definition) is 5. The number of ether oxygens (including phenoxy) is 4. The second-order valence-corrected chi connectivity index (χ2v) is 2.88. The summed E-state index contributed by atoms with van der Waals surface area (Å²) < 4.78 is 19.7. The minimum atomic E-state index is -1.23. The summed E-state index contributed by atoms with van der Waals surface area (Å²) in [6, 6.07) is 0. The Hall–Kier alpha value is -0.490. The second kappa shape index (κ2) is 6.08. The normalized spacial score (nSPS) is 12.1. The van der Waals surface area contributed by atoms with Gasteiger partial charge in [0.25, 0.3) is 0 Å². The molecule has 0 fully saturated rings. The number of rotatable bonds is 7. The number of hydrogen-bond donors (Lipinski definition) is 0. The van der Waals surface area contributed by atoms with E-state index in [1.807, 2.05) is 0 Å².